The number of nitrogens with two attached hydrogens (primary N) is 1. The highest BCUT2D eigenvalue weighted by Crippen LogP contribution is 2.22. The summed E-state index contributed by atoms with van der Waals surface area (Å²) in [6, 6.07) is -1.10. The van der Waals surface area contributed by atoms with Crippen LogP contribution < -0.4 is 5.73 Å². The molecule has 2 N–H and O–H groups in total. The third-order valence-corrected chi connectivity index (χ3v) is 4.14. The van der Waals surface area contributed by atoms with Crippen molar-refractivity contribution in [2.24, 2.45) is 17.6 Å². The molecule has 0 aromatic carbocycles. The van der Waals surface area contributed by atoms with Crippen LogP contribution in [0.3, 0.4) is 0 Å². The molecule has 0 aliphatic heterocycles. The number of methoxy groups -OCH3 is 1. The lowest BCUT2D eigenvalue weighted by Crippen LogP contribution is -2.55. The molecule has 0 aliphatic carbocycles. The first-order valence-corrected chi connectivity index (χ1v) is 8.80. The van der Waals surface area contributed by atoms with Gasteiger partial charge in [-0.1, -0.05) is 34.1 Å². The molecule has 0 aromatic rings. The van der Waals surface area contributed by atoms with Crippen molar-refractivity contribution in [3.63, 3.8) is 0 Å². The van der Waals surface area contributed by atoms with Crippen LogP contribution in [0, 0.1) is 11.8 Å². The molecule has 0 heterocycles. The predicted molar refractivity (Wildman–Crippen MR) is 96.9 cm³/mol. The maximum atomic E-state index is 12.7. The zero-order valence-electron chi connectivity index (χ0n) is 17.2. The number of ether oxygens (including phenoxy) is 3. The summed E-state index contributed by atoms with van der Waals surface area (Å²) in [6.07, 6.45) is -1.00. The van der Waals surface area contributed by atoms with Crippen LogP contribution in [0.1, 0.15) is 54.9 Å². The summed E-state index contributed by atoms with van der Waals surface area (Å²) in [6.45, 7) is 13.0. The first-order chi connectivity index (χ1) is 11.4. The number of carbonyl (C=O) groups excluding carboxylic acids is 2. The largest absolute Gasteiger partial charge is 0.511 e. The van der Waals surface area contributed by atoms with Gasteiger partial charge in [-0.2, -0.15) is 0 Å². The number of nitrogens with zero attached hydrogens (tertiary/aromatic N) is 1. The molecule has 0 aliphatic rings. The molecule has 0 saturated heterocycles. The van der Waals surface area contributed by atoms with Crippen LogP contribution in [0.25, 0.3) is 0 Å². The van der Waals surface area contributed by atoms with Gasteiger partial charge in [0, 0.05) is 14.2 Å². The second-order valence-electron chi connectivity index (χ2n) is 7.78. The average molecular weight is 360 g/mol. The van der Waals surface area contributed by atoms with Crippen LogP contribution in [0.2, 0.25) is 0 Å². The van der Waals surface area contributed by atoms with Gasteiger partial charge in [0.25, 0.3) is 0 Å². The molecule has 0 fully saturated rings. The van der Waals surface area contributed by atoms with Crippen molar-refractivity contribution in [2.45, 2.75) is 78.9 Å². The SMILES string of the molecule is CC[C@H](C)[C@@H]([C@H](OC)OC(=O)OC(C)(C)C)N(C)C(=O)[C@@H](N)C(C)C. The molecule has 7 nitrogen and oxygen atoms in total. The Morgan fingerprint density at radius 2 is 1.68 bits per heavy atom. The molecule has 0 rings (SSSR count). The Morgan fingerprint density at radius 3 is 2.04 bits per heavy atom. The van der Waals surface area contributed by atoms with E-state index in [1.165, 1.54) is 12.0 Å². The third kappa shape index (κ3) is 7.61. The molecular weight excluding hydrogens is 324 g/mol. The van der Waals surface area contributed by atoms with E-state index >= 15 is 0 Å². The van der Waals surface area contributed by atoms with E-state index in [0.29, 0.717) is 0 Å². The van der Waals surface area contributed by atoms with Crippen LogP contribution in [-0.2, 0) is 19.0 Å². The van der Waals surface area contributed by atoms with Gasteiger partial charge in [-0.05, 0) is 32.6 Å². The number of amides is 1. The summed E-state index contributed by atoms with van der Waals surface area (Å²) in [5.74, 6) is -0.184. The molecule has 1 amide bonds. The average Bonchev–Trinajstić information content (AvgIpc) is 2.49. The Morgan fingerprint density at radius 1 is 1.16 bits per heavy atom. The van der Waals surface area contributed by atoms with Crippen LogP contribution >= 0.6 is 0 Å². The van der Waals surface area contributed by atoms with Crippen LogP contribution in [-0.4, -0.2) is 55.1 Å². The van der Waals surface area contributed by atoms with Gasteiger partial charge in [-0.25, -0.2) is 4.79 Å². The summed E-state index contributed by atoms with van der Waals surface area (Å²) < 4.78 is 15.9. The van der Waals surface area contributed by atoms with E-state index in [9.17, 15) is 9.59 Å². The maximum absolute atomic E-state index is 12.7. The summed E-state index contributed by atoms with van der Waals surface area (Å²) in [5, 5.41) is 0. The van der Waals surface area contributed by atoms with Gasteiger partial charge in [0.1, 0.15) is 5.60 Å². The Balaban J connectivity index is 5.39. The Labute approximate surface area is 152 Å². The first kappa shape index (κ1) is 23.7. The van der Waals surface area contributed by atoms with Crippen molar-refractivity contribution in [2.75, 3.05) is 14.2 Å². The molecule has 0 unspecified atom stereocenters. The maximum Gasteiger partial charge on any atom is 0.511 e. The van der Waals surface area contributed by atoms with Crippen molar-refractivity contribution in [3.8, 4) is 0 Å². The highest BCUT2D eigenvalue weighted by Gasteiger charge is 2.38. The molecule has 148 valence electrons. The van der Waals surface area contributed by atoms with E-state index in [1.54, 1.807) is 27.8 Å². The number of rotatable bonds is 8. The molecule has 0 saturated carbocycles. The Bertz CT molecular complexity index is 434. The topological polar surface area (TPSA) is 91.1 Å². The van der Waals surface area contributed by atoms with Crippen molar-refractivity contribution >= 4 is 12.1 Å². The minimum Gasteiger partial charge on any atom is -0.429 e. The van der Waals surface area contributed by atoms with Gasteiger partial charge in [0.05, 0.1) is 12.1 Å². The van der Waals surface area contributed by atoms with Crippen LogP contribution in [0.15, 0.2) is 0 Å². The number of likely N-dealkylation sites (N-methyl/N-ethyl adjacent to an activating group) is 1. The van der Waals surface area contributed by atoms with E-state index in [-0.39, 0.29) is 17.7 Å². The molecule has 0 aromatic heterocycles. The Hall–Kier alpha value is -1.34. The van der Waals surface area contributed by atoms with E-state index in [4.69, 9.17) is 19.9 Å². The first-order valence-electron chi connectivity index (χ1n) is 8.80. The summed E-state index contributed by atoms with van der Waals surface area (Å²) in [4.78, 5) is 26.2. The fourth-order valence-electron chi connectivity index (χ4n) is 2.37. The van der Waals surface area contributed by atoms with Crippen molar-refractivity contribution in [1.29, 1.82) is 0 Å². The van der Waals surface area contributed by atoms with Gasteiger partial charge in [0.2, 0.25) is 12.2 Å². The highest BCUT2D eigenvalue weighted by atomic mass is 16.8. The standard InChI is InChI=1S/C18H36N2O5/c1-10-12(4)14(20(8)15(21)13(19)11(2)3)16(23-9)24-17(22)25-18(5,6)7/h11-14,16H,10,19H2,1-9H3/t12-,13-,14-,16+/m0/s1. The van der Waals surface area contributed by atoms with Gasteiger partial charge in [-0.3, -0.25) is 4.79 Å². The van der Waals surface area contributed by atoms with E-state index < -0.39 is 30.1 Å². The molecule has 0 radical (unpaired) electrons. The number of hydrogen-bond acceptors (Lipinski definition) is 6. The number of hydrogen-bond donors (Lipinski definition) is 1. The van der Waals surface area contributed by atoms with Gasteiger partial charge >= 0.3 is 6.16 Å². The predicted octanol–water partition coefficient (Wildman–Crippen LogP) is 2.77. The fraction of sp³-hybridized carbons (Fsp3) is 0.889. The monoisotopic (exact) mass is 360 g/mol. The van der Waals surface area contributed by atoms with Gasteiger partial charge < -0.3 is 24.8 Å². The van der Waals surface area contributed by atoms with Crippen LogP contribution in [0.5, 0.6) is 0 Å². The molecule has 7 heteroatoms. The second-order valence-corrected chi connectivity index (χ2v) is 7.78. The van der Waals surface area contributed by atoms with E-state index in [1.807, 2.05) is 27.7 Å². The zero-order chi connectivity index (χ0) is 19.9. The van der Waals surface area contributed by atoms with Crippen molar-refractivity contribution < 1.29 is 23.8 Å². The molecular formula is C18H36N2O5. The minimum absolute atomic E-state index is 0.000279. The Kier molecular flexibility index (Phi) is 9.43. The normalized spacial score (nSPS) is 16.8. The quantitative estimate of drug-likeness (QED) is 0.529. The summed E-state index contributed by atoms with van der Waals surface area (Å²) in [5.41, 5.74) is 5.32. The second kappa shape index (κ2) is 9.97. The lowest BCUT2D eigenvalue weighted by Gasteiger charge is -2.38. The lowest BCUT2D eigenvalue weighted by molar-refractivity contribution is -0.170. The zero-order valence-corrected chi connectivity index (χ0v) is 17.2. The molecule has 0 bridgehead atoms. The van der Waals surface area contributed by atoms with Crippen molar-refractivity contribution in [1.82, 2.24) is 4.90 Å². The van der Waals surface area contributed by atoms with Gasteiger partial charge in [-0.15, -0.1) is 0 Å². The third-order valence-electron chi connectivity index (χ3n) is 4.14. The number of carbonyl (C=O) groups is 2. The van der Waals surface area contributed by atoms with E-state index in [0.717, 1.165) is 6.42 Å². The fourth-order valence-corrected chi connectivity index (χ4v) is 2.37. The molecule has 0 spiro atoms. The van der Waals surface area contributed by atoms with E-state index in [2.05, 4.69) is 0 Å². The smallest absolute Gasteiger partial charge is 0.429 e. The summed E-state index contributed by atoms with van der Waals surface area (Å²) >= 11 is 0. The molecule has 25 heavy (non-hydrogen) atoms. The minimum atomic E-state index is -0.946. The van der Waals surface area contributed by atoms with Crippen molar-refractivity contribution in [3.05, 3.63) is 0 Å². The molecule has 4 atom stereocenters. The van der Waals surface area contributed by atoms with Gasteiger partial charge in [0.15, 0.2) is 0 Å². The lowest BCUT2D eigenvalue weighted by atomic mass is 9.95. The highest BCUT2D eigenvalue weighted by molar-refractivity contribution is 5.82. The van der Waals surface area contributed by atoms with Crippen LogP contribution in [0.4, 0.5) is 4.79 Å². The summed E-state index contributed by atoms with van der Waals surface area (Å²) in [7, 11) is 3.09.